The van der Waals surface area contributed by atoms with E-state index < -0.39 is 0 Å². The molecule has 1 aliphatic rings. The van der Waals surface area contributed by atoms with Crippen molar-refractivity contribution in [3.8, 4) is 0 Å². The Morgan fingerprint density at radius 2 is 2.00 bits per heavy atom. The van der Waals surface area contributed by atoms with E-state index in [9.17, 15) is 4.79 Å². The third kappa shape index (κ3) is 2.36. The maximum absolute atomic E-state index is 11.4. The van der Waals surface area contributed by atoms with Gasteiger partial charge in [-0.25, -0.2) is 4.79 Å². The molecule has 1 rings (SSSR count). The van der Waals surface area contributed by atoms with E-state index in [4.69, 9.17) is 4.74 Å². The highest BCUT2D eigenvalue weighted by atomic mass is 16.6. The van der Waals surface area contributed by atoms with Gasteiger partial charge in [-0.1, -0.05) is 20.8 Å². The third-order valence-electron chi connectivity index (χ3n) is 2.13. The largest absolute Gasteiger partial charge is 0.447 e. The Bertz CT molecular complexity index is 215. The van der Waals surface area contributed by atoms with Crippen LogP contribution in [-0.4, -0.2) is 29.7 Å². The molecule has 0 radical (unpaired) electrons. The molecule has 3 nitrogen and oxygen atoms in total. The van der Waals surface area contributed by atoms with Crippen molar-refractivity contribution in [2.75, 3.05) is 13.2 Å². The van der Waals surface area contributed by atoms with Crippen molar-refractivity contribution in [2.45, 2.75) is 40.2 Å². The van der Waals surface area contributed by atoms with E-state index in [0.29, 0.717) is 6.61 Å². The summed E-state index contributed by atoms with van der Waals surface area (Å²) in [6.07, 6.45) is -0.181. The Kier molecular flexibility index (Phi) is 2.30. The van der Waals surface area contributed by atoms with Crippen molar-refractivity contribution in [3.05, 3.63) is 0 Å². The second-order valence-electron chi connectivity index (χ2n) is 5.51. The van der Waals surface area contributed by atoms with Crippen LogP contribution >= 0.6 is 0 Å². The summed E-state index contributed by atoms with van der Waals surface area (Å²) in [4.78, 5) is 13.2. The summed E-state index contributed by atoms with van der Waals surface area (Å²) < 4.78 is 5.01. The highest BCUT2D eigenvalue weighted by Gasteiger charge is 2.41. The first kappa shape index (κ1) is 10.4. The lowest BCUT2D eigenvalue weighted by Crippen LogP contribution is -2.46. The first-order chi connectivity index (χ1) is 5.72. The summed E-state index contributed by atoms with van der Waals surface area (Å²) in [5.41, 5.74) is -0.0228. The zero-order chi connectivity index (χ0) is 10.3. The average Bonchev–Trinajstić information content (AvgIpc) is 2.13. The van der Waals surface area contributed by atoms with Gasteiger partial charge in [0.1, 0.15) is 6.61 Å². The number of nitrogens with zero attached hydrogens (tertiary/aromatic N) is 1. The molecule has 0 saturated carbocycles. The molecule has 0 N–H and O–H groups in total. The minimum absolute atomic E-state index is 0.126. The lowest BCUT2D eigenvalue weighted by molar-refractivity contribution is 0.133. The number of carbonyl (C=O) groups excluding carboxylic acids is 1. The fourth-order valence-corrected chi connectivity index (χ4v) is 1.39. The molecule has 13 heavy (non-hydrogen) atoms. The summed E-state index contributed by atoms with van der Waals surface area (Å²) in [6.45, 7) is 11.7. The molecule has 0 bridgehead atoms. The molecule has 0 aromatic heterocycles. The summed E-state index contributed by atoms with van der Waals surface area (Å²) in [5, 5.41) is 0. The van der Waals surface area contributed by atoms with E-state index in [0.717, 1.165) is 6.54 Å². The zero-order valence-corrected chi connectivity index (χ0v) is 9.18. The van der Waals surface area contributed by atoms with Crippen LogP contribution in [0.5, 0.6) is 0 Å². The Labute approximate surface area is 80.1 Å². The maximum atomic E-state index is 11.4. The highest BCUT2D eigenvalue weighted by molar-refractivity contribution is 5.71. The van der Waals surface area contributed by atoms with E-state index in [-0.39, 0.29) is 17.0 Å². The predicted octanol–water partition coefficient (Wildman–Crippen LogP) is 2.26. The van der Waals surface area contributed by atoms with Gasteiger partial charge in [-0.2, -0.15) is 0 Å². The fourth-order valence-electron chi connectivity index (χ4n) is 1.39. The van der Waals surface area contributed by atoms with Gasteiger partial charge < -0.3 is 4.74 Å². The van der Waals surface area contributed by atoms with Crippen LogP contribution in [0.25, 0.3) is 0 Å². The van der Waals surface area contributed by atoms with Gasteiger partial charge >= 0.3 is 6.09 Å². The molecule has 1 heterocycles. The molecule has 0 aromatic rings. The monoisotopic (exact) mass is 185 g/mol. The normalized spacial score (nSPS) is 21.9. The molecule has 0 aliphatic carbocycles. The number of amides is 1. The molecule has 0 aromatic carbocycles. The lowest BCUT2D eigenvalue weighted by atomic mass is 9.93. The Hall–Kier alpha value is -0.730. The van der Waals surface area contributed by atoms with Crippen LogP contribution in [0.2, 0.25) is 0 Å². The molecule has 1 saturated heterocycles. The van der Waals surface area contributed by atoms with Gasteiger partial charge in [0.25, 0.3) is 0 Å². The molecule has 3 heteroatoms. The second-order valence-corrected chi connectivity index (χ2v) is 5.51. The fraction of sp³-hybridized carbons (Fsp3) is 0.900. The summed E-state index contributed by atoms with van der Waals surface area (Å²) in [7, 11) is 0. The van der Waals surface area contributed by atoms with Crippen LogP contribution in [0.15, 0.2) is 0 Å². The van der Waals surface area contributed by atoms with Crippen LogP contribution in [0.4, 0.5) is 4.79 Å². The van der Waals surface area contributed by atoms with Crippen LogP contribution in [0.3, 0.4) is 0 Å². The summed E-state index contributed by atoms with van der Waals surface area (Å²) in [5.74, 6) is 0. The Morgan fingerprint density at radius 1 is 1.46 bits per heavy atom. The van der Waals surface area contributed by atoms with Crippen LogP contribution in [-0.2, 0) is 4.74 Å². The van der Waals surface area contributed by atoms with Gasteiger partial charge in [0.05, 0.1) is 5.54 Å². The van der Waals surface area contributed by atoms with Gasteiger partial charge in [0.15, 0.2) is 0 Å². The quantitative estimate of drug-likeness (QED) is 0.627. The molecule has 76 valence electrons. The number of hydrogen-bond donors (Lipinski definition) is 0. The van der Waals surface area contributed by atoms with Crippen LogP contribution in [0.1, 0.15) is 34.6 Å². The van der Waals surface area contributed by atoms with E-state index in [1.807, 2.05) is 18.7 Å². The van der Waals surface area contributed by atoms with Gasteiger partial charge in [-0.05, 0) is 19.3 Å². The first-order valence-electron chi connectivity index (χ1n) is 4.67. The van der Waals surface area contributed by atoms with Crippen molar-refractivity contribution < 1.29 is 9.53 Å². The van der Waals surface area contributed by atoms with Crippen molar-refractivity contribution >= 4 is 6.09 Å². The minimum atomic E-state index is -0.181. The average molecular weight is 185 g/mol. The van der Waals surface area contributed by atoms with Gasteiger partial charge in [0, 0.05) is 6.54 Å². The van der Waals surface area contributed by atoms with Gasteiger partial charge in [-0.15, -0.1) is 0 Å². The van der Waals surface area contributed by atoms with Gasteiger partial charge in [-0.3, -0.25) is 4.90 Å². The molecule has 1 aliphatic heterocycles. The number of cyclic esters (lactones) is 1. The van der Waals surface area contributed by atoms with E-state index in [2.05, 4.69) is 20.8 Å². The summed E-state index contributed by atoms with van der Waals surface area (Å²) >= 11 is 0. The SMILES string of the molecule is CC(C)(C)CN1C(=O)OCC1(C)C. The number of hydrogen-bond acceptors (Lipinski definition) is 2. The molecular formula is C10H19NO2. The van der Waals surface area contributed by atoms with Crippen molar-refractivity contribution in [1.82, 2.24) is 4.90 Å². The van der Waals surface area contributed by atoms with E-state index in [1.165, 1.54) is 0 Å². The second kappa shape index (κ2) is 2.89. The molecule has 0 spiro atoms. The number of carbonyl (C=O) groups is 1. The van der Waals surface area contributed by atoms with Crippen molar-refractivity contribution in [3.63, 3.8) is 0 Å². The zero-order valence-electron chi connectivity index (χ0n) is 9.18. The van der Waals surface area contributed by atoms with E-state index in [1.54, 1.807) is 0 Å². The maximum Gasteiger partial charge on any atom is 0.410 e. The predicted molar refractivity (Wildman–Crippen MR) is 51.6 cm³/mol. The topological polar surface area (TPSA) is 29.5 Å². The van der Waals surface area contributed by atoms with Crippen molar-refractivity contribution in [2.24, 2.45) is 5.41 Å². The van der Waals surface area contributed by atoms with Gasteiger partial charge in [0.2, 0.25) is 0 Å². The smallest absolute Gasteiger partial charge is 0.410 e. The molecule has 0 atom stereocenters. The molecule has 1 amide bonds. The van der Waals surface area contributed by atoms with E-state index >= 15 is 0 Å². The van der Waals surface area contributed by atoms with Crippen molar-refractivity contribution in [1.29, 1.82) is 0 Å². The molecule has 0 unspecified atom stereocenters. The van der Waals surface area contributed by atoms with Crippen LogP contribution in [0, 0.1) is 5.41 Å². The third-order valence-corrected chi connectivity index (χ3v) is 2.13. The van der Waals surface area contributed by atoms with Crippen LogP contribution < -0.4 is 0 Å². The molecule has 1 fully saturated rings. The summed E-state index contributed by atoms with van der Waals surface area (Å²) in [6, 6.07) is 0. The number of rotatable bonds is 1. The minimum Gasteiger partial charge on any atom is -0.447 e. The lowest BCUT2D eigenvalue weighted by Gasteiger charge is -2.33. The molecular weight excluding hydrogens is 166 g/mol. The first-order valence-corrected chi connectivity index (χ1v) is 4.67. The Morgan fingerprint density at radius 3 is 2.31 bits per heavy atom. The number of ether oxygens (including phenoxy) is 1. The standard InChI is InChI=1S/C10H19NO2/c1-9(2,3)6-11-8(12)13-7-10(11,4)5/h6-7H2,1-5H3. The Balaban J connectivity index is 2.72. The highest BCUT2D eigenvalue weighted by Crippen LogP contribution is 2.27.